The Morgan fingerprint density at radius 3 is 2.50 bits per heavy atom. The maximum absolute atomic E-state index is 4.43. The summed E-state index contributed by atoms with van der Waals surface area (Å²) < 4.78 is 0. The van der Waals surface area contributed by atoms with Crippen LogP contribution in [-0.4, -0.2) is 21.5 Å². The fourth-order valence-corrected chi connectivity index (χ4v) is 1.92. The predicted octanol–water partition coefficient (Wildman–Crippen LogP) is 2.07. The van der Waals surface area contributed by atoms with E-state index in [-0.39, 0.29) is 6.04 Å². The quantitative estimate of drug-likeness (QED) is 0.872. The second-order valence-corrected chi connectivity index (χ2v) is 4.19. The fraction of sp³-hybridized carbons (Fsp3) is 0.357. The van der Waals surface area contributed by atoms with Crippen LogP contribution in [0.15, 0.2) is 36.8 Å². The molecule has 0 aliphatic rings. The fourth-order valence-electron chi connectivity index (χ4n) is 1.92. The van der Waals surface area contributed by atoms with Gasteiger partial charge in [-0.3, -0.25) is 4.98 Å². The molecule has 4 heteroatoms. The lowest BCUT2D eigenvalue weighted by Crippen LogP contribution is -2.25. The number of pyridine rings is 1. The lowest BCUT2D eigenvalue weighted by atomic mass is 10.1. The van der Waals surface area contributed by atoms with Crippen molar-refractivity contribution in [1.29, 1.82) is 0 Å². The van der Waals surface area contributed by atoms with Crippen molar-refractivity contribution < 1.29 is 0 Å². The second kappa shape index (κ2) is 6.21. The SMILES string of the molecule is CCNC(Cc1ncccc1C)c1ncccn1. The lowest BCUT2D eigenvalue weighted by molar-refractivity contribution is 0.515. The number of nitrogens with one attached hydrogen (secondary N) is 1. The number of hydrogen-bond donors (Lipinski definition) is 1. The van der Waals surface area contributed by atoms with E-state index in [0.717, 1.165) is 24.5 Å². The van der Waals surface area contributed by atoms with E-state index in [1.165, 1.54) is 5.56 Å². The second-order valence-electron chi connectivity index (χ2n) is 4.19. The van der Waals surface area contributed by atoms with Crippen molar-refractivity contribution in [3.05, 3.63) is 53.9 Å². The van der Waals surface area contributed by atoms with Crippen LogP contribution in [-0.2, 0) is 6.42 Å². The van der Waals surface area contributed by atoms with Gasteiger partial charge in [-0.2, -0.15) is 0 Å². The molecule has 1 N–H and O–H groups in total. The Labute approximate surface area is 108 Å². The molecule has 4 nitrogen and oxygen atoms in total. The van der Waals surface area contributed by atoms with Gasteiger partial charge in [0, 0.05) is 30.7 Å². The lowest BCUT2D eigenvalue weighted by Gasteiger charge is -2.16. The van der Waals surface area contributed by atoms with Gasteiger partial charge in [0.2, 0.25) is 0 Å². The van der Waals surface area contributed by atoms with Crippen LogP contribution in [0.25, 0.3) is 0 Å². The van der Waals surface area contributed by atoms with Crippen LogP contribution in [0, 0.1) is 6.92 Å². The van der Waals surface area contributed by atoms with Gasteiger partial charge in [-0.1, -0.05) is 13.0 Å². The van der Waals surface area contributed by atoms with Crippen LogP contribution in [0.3, 0.4) is 0 Å². The highest BCUT2D eigenvalue weighted by Crippen LogP contribution is 2.15. The monoisotopic (exact) mass is 242 g/mol. The van der Waals surface area contributed by atoms with E-state index in [2.05, 4.69) is 40.2 Å². The van der Waals surface area contributed by atoms with Gasteiger partial charge in [0.1, 0.15) is 5.82 Å². The van der Waals surface area contributed by atoms with Gasteiger partial charge >= 0.3 is 0 Å². The Kier molecular flexibility index (Phi) is 4.36. The van der Waals surface area contributed by atoms with Gasteiger partial charge in [0.25, 0.3) is 0 Å². The summed E-state index contributed by atoms with van der Waals surface area (Å²) in [7, 11) is 0. The molecule has 0 aliphatic heterocycles. The van der Waals surface area contributed by atoms with Crippen molar-refractivity contribution in [3.63, 3.8) is 0 Å². The Hall–Kier alpha value is -1.81. The average Bonchev–Trinajstić information content (AvgIpc) is 2.42. The molecule has 18 heavy (non-hydrogen) atoms. The molecule has 2 heterocycles. The Balaban J connectivity index is 2.19. The van der Waals surface area contributed by atoms with Crippen LogP contribution in [0.1, 0.15) is 30.0 Å². The van der Waals surface area contributed by atoms with Crippen LogP contribution < -0.4 is 5.32 Å². The summed E-state index contributed by atoms with van der Waals surface area (Å²) in [4.78, 5) is 13.1. The van der Waals surface area contributed by atoms with E-state index < -0.39 is 0 Å². The third-order valence-corrected chi connectivity index (χ3v) is 2.86. The van der Waals surface area contributed by atoms with Crippen LogP contribution in [0.5, 0.6) is 0 Å². The zero-order valence-electron chi connectivity index (χ0n) is 10.8. The van der Waals surface area contributed by atoms with Gasteiger partial charge in [0.05, 0.1) is 6.04 Å². The first-order valence-corrected chi connectivity index (χ1v) is 6.22. The van der Waals surface area contributed by atoms with Crippen molar-refractivity contribution in [3.8, 4) is 0 Å². The molecule has 1 unspecified atom stereocenters. The highest BCUT2D eigenvalue weighted by atomic mass is 15.0. The summed E-state index contributed by atoms with van der Waals surface area (Å²) in [5.74, 6) is 0.824. The van der Waals surface area contributed by atoms with Crippen molar-refractivity contribution in [2.45, 2.75) is 26.3 Å². The molecule has 2 rings (SSSR count). The van der Waals surface area contributed by atoms with E-state index in [1.807, 2.05) is 18.3 Å². The van der Waals surface area contributed by atoms with E-state index in [9.17, 15) is 0 Å². The van der Waals surface area contributed by atoms with Crippen LogP contribution in [0.2, 0.25) is 0 Å². The predicted molar refractivity (Wildman–Crippen MR) is 71.1 cm³/mol. The average molecular weight is 242 g/mol. The molecule has 0 radical (unpaired) electrons. The van der Waals surface area contributed by atoms with Gasteiger partial charge in [0.15, 0.2) is 0 Å². The van der Waals surface area contributed by atoms with E-state index in [4.69, 9.17) is 0 Å². The molecule has 94 valence electrons. The third kappa shape index (κ3) is 3.11. The molecule has 2 aromatic rings. The van der Waals surface area contributed by atoms with E-state index in [1.54, 1.807) is 12.4 Å². The first-order chi connectivity index (χ1) is 8.81. The number of rotatable bonds is 5. The Bertz CT molecular complexity index is 484. The topological polar surface area (TPSA) is 50.7 Å². The maximum Gasteiger partial charge on any atom is 0.145 e. The summed E-state index contributed by atoms with van der Waals surface area (Å²) in [5, 5.41) is 3.41. The first-order valence-electron chi connectivity index (χ1n) is 6.22. The molecule has 0 aromatic carbocycles. The molecular formula is C14H18N4. The molecule has 0 amide bonds. The zero-order chi connectivity index (χ0) is 12.8. The number of likely N-dealkylation sites (N-methyl/N-ethyl adjacent to an activating group) is 1. The number of aryl methyl sites for hydroxylation is 1. The largest absolute Gasteiger partial charge is 0.307 e. The van der Waals surface area contributed by atoms with E-state index in [0.29, 0.717) is 0 Å². The minimum atomic E-state index is 0.116. The van der Waals surface area contributed by atoms with Crippen molar-refractivity contribution in [2.75, 3.05) is 6.54 Å². The summed E-state index contributed by atoms with van der Waals surface area (Å²) in [6, 6.07) is 5.99. The molecule has 0 fully saturated rings. The van der Waals surface area contributed by atoms with Crippen molar-refractivity contribution in [2.24, 2.45) is 0 Å². The molecule has 1 atom stereocenters. The van der Waals surface area contributed by atoms with Gasteiger partial charge < -0.3 is 5.32 Å². The zero-order valence-corrected chi connectivity index (χ0v) is 10.8. The van der Waals surface area contributed by atoms with E-state index >= 15 is 0 Å². The molecule has 0 saturated heterocycles. The highest BCUT2D eigenvalue weighted by Gasteiger charge is 2.15. The Morgan fingerprint density at radius 2 is 1.83 bits per heavy atom. The third-order valence-electron chi connectivity index (χ3n) is 2.86. The molecule has 0 aliphatic carbocycles. The molecule has 0 spiro atoms. The van der Waals surface area contributed by atoms with Crippen LogP contribution >= 0.6 is 0 Å². The molecule has 0 saturated carbocycles. The standard InChI is InChI=1S/C14H18N4/c1-3-15-13(14-17-8-5-9-18-14)10-12-11(2)6-4-7-16-12/h4-9,13,15H,3,10H2,1-2H3. The van der Waals surface area contributed by atoms with Gasteiger partial charge in [-0.05, 0) is 31.2 Å². The number of nitrogens with zero attached hydrogens (tertiary/aromatic N) is 3. The molecule has 2 aromatic heterocycles. The summed E-state index contributed by atoms with van der Waals surface area (Å²) in [5.41, 5.74) is 2.30. The maximum atomic E-state index is 4.43. The first kappa shape index (κ1) is 12.6. The minimum Gasteiger partial charge on any atom is -0.307 e. The van der Waals surface area contributed by atoms with Crippen LogP contribution in [0.4, 0.5) is 0 Å². The van der Waals surface area contributed by atoms with Crippen molar-refractivity contribution >= 4 is 0 Å². The van der Waals surface area contributed by atoms with Gasteiger partial charge in [-0.15, -0.1) is 0 Å². The Morgan fingerprint density at radius 1 is 1.11 bits per heavy atom. The molecule has 0 bridgehead atoms. The van der Waals surface area contributed by atoms with Gasteiger partial charge in [-0.25, -0.2) is 9.97 Å². The minimum absolute atomic E-state index is 0.116. The highest BCUT2D eigenvalue weighted by molar-refractivity contribution is 5.19. The summed E-state index contributed by atoms with van der Waals surface area (Å²) in [6.45, 7) is 5.05. The number of hydrogen-bond acceptors (Lipinski definition) is 4. The summed E-state index contributed by atoms with van der Waals surface area (Å²) in [6.07, 6.45) is 6.19. The normalized spacial score (nSPS) is 12.3. The number of aromatic nitrogens is 3. The van der Waals surface area contributed by atoms with Crippen molar-refractivity contribution in [1.82, 2.24) is 20.3 Å². The molecular weight excluding hydrogens is 224 g/mol. The summed E-state index contributed by atoms with van der Waals surface area (Å²) >= 11 is 0. The smallest absolute Gasteiger partial charge is 0.145 e.